The van der Waals surface area contributed by atoms with Crippen molar-refractivity contribution in [3.05, 3.63) is 146 Å². The molecule has 0 aromatic carbocycles. The molecule has 0 saturated carbocycles. The van der Waals surface area contributed by atoms with Gasteiger partial charge in [0.15, 0.2) is 18.9 Å². The Morgan fingerprint density at radius 1 is 0.356 bits per heavy atom. The third-order valence-corrected chi connectivity index (χ3v) is 18.8. The van der Waals surface area contributed by atoms with Gasteiger partial charge in [-0.15, -0.1) is 0 Å². The van der Waals surface area contributed by atoms with Gasteiger partial charge >= 0.3 is 0 Å². The highest BCUT2D eigenvalue weighted by atomic mass is 16.8. The van der Waals surface area contributed by atoms with E-state index in [-0.39, 0.29) is 18.9 Å². The number of carbonyl (C=O) groups is 1. The first-order chi connectivity index (χ1) is 50.8. The van der Waals surface area contributed by atoms with E-state index in [1.54, 1.807) is 6.08 Å². The number of unbranched alkanes of at least 4 members (excludes halogenated alkanes) is 23. The number of ether oxygens (including phenoxy) is 6. The highest BCUT2D eigenvalue weighted by Crippen LogP contribution is 2.33. The minimum atomic E-state index is -1.99. The van der Waals surface area contributed by atoms with Crippen molar-refractivity contribution in [1.82, 2.24) is 5.32 Å². The highest BCUT2D eigenvalue weighted by Gasteiger charge is 2.54. The van der Waals surface area contributed by atoms with Gasteiger partial charge in [-0.2, -0.15) is 0 Å². The van der Waals surface area contributed by atoms with E-state index in [0.717, 1.165) is 128 Å². The molecule has 19 nitrogen and oxygen atoms in total. The number of rotatable bonds is 61. The summed E-state index contributed by atoms with van der Waals surface area (Å²) in [5, 5.41) is 121. The van der Waals surface area contributed by atoms with Crippen molar-refractivity contribution in [1.29, 1.82) is 0 Å². The maximum atomic E-state index is 13.5. The lowest BCUT2D eigenvalue weighted by atomic mass is 9.96. The Labute approximate surface area is 625 Å². The molecular weight excluding hydrogens is 1320 g/mol. The van der Waals surface area contributed by atoms with Gasteiger partial charge in [0, 0.05) is 6.42 Å². The minimum Gasteiger partial charge on any atom is -0.394 e. The van der Waals surface area contributed by atoms with Crippen molar-refractivity contribution in [2.75, 3.05) is 26.4 Å². The maximum Gasteiger partial charge on any atom is 0.220 e. The summed E-state index contributed by atoms with van der Waals surface area (Å²) in [6, 6.07) is -1.02. The summed E-state index contributed by atoms with van der Waals surface area (Å²) >= 11 is 0. The second kappa shape index (κ2) is 63.6. The molecule has 1 amide bonds. The summed E-state index contributed by atoms with van der Waals surface area (Å²) in [5.41, 5.74) is 0. The van der Waals surface area contributed by atoms with Gasteiger partial charge in [-0.3, -0.25) is 4.79 Å². The number of aliphatic hydroxyl groups is 11. The molecule has 0 radical (unpaired) electrons. The molecule has 12 N–H and O–H groups in total. The lowest BCUT2D eigenvalue weighted by molar-refractivity contribution is -0.379. The molecule has 0 aromatic rings. The summed E-state index contributed by atoms with van der Waals surface area (Å²) < 4.78 is 34.4. The lowest BCUT2D eigenvalue weighted by Crippen LogP contribution is -2.66. The molecule has 0 spiro atoms. The second-order valence-corrected chi connectivity index (χ2v) is 27.8. The first kappa shape index (κ1) is 93.9. The second-order valence-electron chi connectivity index (χ2n) is 27.8. The van der Waals surface area contributed by atoms with Gasteiger partial charge in [-0.05, 0) is 116 Å². The average molecular weight is 1470 g/mol. The Morgan fingerprint density at radius 2 is 0.673 bits per heavy atom. The summed E-state index contributed by atoms with van der Waals surface area (Å²) in [5.74, 6) is -0.306. The molecule has 3 aliphatic rings. The normalized spacial score (nSPS) is 26.7. The smallest absolute Gasteiger partial charge is 0.220 e. The van der Waals surface area contributed by atoms with Gasteiger partial charge in [-0.1, -0.05) is 275 Å². The van der Waals surface area contributed by atoms with E-state index in [1.165, 1.54) is 89.9 Å². The van der Waals surface area contributed by atoms with Crippen molar-refractivity contribution >= 4 is 5.91 Å². The Hall–Kier alpha value is -4.33. The number of allylic oxidation sites excluding steroid dienone is 23. The van der Waals surface area contributed by atoms with Crippen LogP contribution in [0.5, 0.6) is 0 Å². The van der Waals surface area contributed by atoms with Crippen LogP contribution in [0.2, 0.25) is 0 Å². The number of nitrogens with one attached hydrogen (secondary N) is 1. The van der Waals surface area contributed by atoms with E-state index in [0.29, 0.717) is 12.8 Å². The topological polar surface area (TPSA) is 307 Å². The Kier molecular flexibility index (Phi) is 57.4. The molecule has 0 bridgehead atoms. The maximum absolute atomic E-state index is 13.5. The number of amides is 1. The minimum absolute atomic E-state index is 0.209. The fourth-order valence-corrected chi connectivity index (χ4v) is 12.5. The third-order valence-electron chi connectivity index (χ3n) is 18.8. The fourth-order valence-electron chi connectivity index (χ4n) is 12.5. The van der Waals surface area contributed by atoms with Crippen LogP contribution >= 0.6 is 0 Å². The molecule has 17 atom stereocenters. The first-order valence-electron chi connectivity index (χ1n) is 40.1. The molecule has 3 saturated heterocycles. The Balaban J connectivity index is 1.40. The predicted octanol–water partition coefficient (Wildman–Crippen LogP) is 13.4. The fraction of sp³-hybridized carbons (Fsp3) is 0.706. The van der Waals surface area contributed by atoms with Crippen LogP contribution < -0.4 is 5.32 Å². The van der Waals surface area contributed by atoms with Crippen molar-refractivity contribution in [3.8, 4) is 0 Å². The van der Waals surface area contributed by atoms with Gasteiger partial charge in [0.05, 0.1) is 38.6 Å². The van der Waals surface area contributed by atoms with Crippen LogP contribution in [-0.2, 0) is 33.2 Å². The van der Waals surface area contributed by atoms with Crippen LogP contribution in [0.1, 0.15) is 251 Å². The van der Waals surface area contributed by atoms with Gasteiger partial charge in [0.2, 0.25) is 5.91 Å². The third kappa shape index (κ3) is 43.0. The quantitative estimate of drug-likeness (QED) is 0.0199. The van der Waals surface area contributed by atoms with Crippen LogP contribution in [-0.4, -0.2) is 193 Å². The zero-order valence-corrected chi connectivity index (χ0v) is 63.4. The molecule has 3 fully saturated rings. The molecule has 594 valence electrons. The molecule has 19 heteroatoms. The summed E-state index contributed by atoms with van der Waals surface area (Å²) in [4.78, 5) is 13.5. The number of aliphatic hydroxyl groups excluding tert-OH is 11. The van der Waals surface area contributed by atoms with E-state index in [2.05, 4.69) is 153 Å². The zero-order chi connectivity index (χ0) is 75.3. The standard InChI is InChI=1S/C85H141NO18/c1-3-5-7-9-11-13-15-17-19-21-23-25-27-29-30-31-32-33-34-35-36-37-38-39-41-43-45-47-49-51-53-55-57-59-61-63-73(91)86-68(69(90)62-60-58-56-54-52-50-48-46-44-42-40-28-26-24-22-20-18-16-14-12-10-8-6-4-2)67-99-83-79(97)76(94)81(71(65-88)101-83)104-85-80(98)77(95)82(72(66-89)102-85)103-84-78(96)75(93)74(92)70(64-87)100-84/h5,7,11,13,17,19,23,25,29-30,32-33,35-36,38-39,43-46,52,54,60,62,68-72,74-85,87-90,92-98H,3-4,6,8-10,12,14-16,18,20-22,24,26-28,31,34,37,40-42,47-51,53,55-59,61,63-67H2,1-2H3,(H,86,91)/b7-5-,13-11-,19-17-,25-23-,30-29-,33-32-,36-35-,39-38-,45-43-,46-44+,54-52+,62-60+. The summed E-state index contributed by atoms with van der Waals surface area (Å²) in [6.07, 6.45) is 65.4. The first-order valence-corrected chi connectivity index (χ1v) is 40.1. The van der Waals surface area contributed by atoms with Crippen molar-refractivity contribution in [2.45, 2.75) is 356 Å². The van der Waals surface area contributed by atoms with Crippen molar-refractivity contribution in [3.63, 3.8) is 0 Å². The summed E-state index contributed by atoms with van der Waals surface area (Å²) in [6.45, 7) is 1.59. The van der Waals surface area contributed by atoms with Crippen LogP contribution in [0, 0.1) is 0 Å². The molecule has 3 heterocycles. The van der Waals surface area contributed by atoms with Crippen molar-refractivity contribution < 1.29 is 89.4 Å². The van der Waals surface area contributed by atoms with E-state index < -0.39 is 124 Å². The molecular formula is C85H141NO18. The van der Waals surface area contributed by atoms with Gasteiger partial charge < -0.3 is 89.9 Å². The molecule has 104 heavy (non-hydrogen) atoms. The monoisotopic (exact) mass is 1460 g/mol. The van der Waals surface area contributed by atoms with Crippen LogP contribution in [0.25, 0.3) is 0 Å². The van der Waals surface area contributed by atoms with E-state index >= 15 is 0 Å². The molecule has 3 rings (SSSR count). The lowest BCUT2D eigenvalue weighted by Gasteiger charge is -2.48. The predicted molar refractivity (Wildman–Crippen MR) is 415 cm³/mol. The summed E-state index contributed by atoms with van der Waals surface area (Å²) in [7, 11) is 0. The number of hydrogen-bond acceptors (Lipinski definition) is 18. The largest absolute Gasteiger partial charge is 0.394 e. The van der Waals surface area contributed by atoms with Crippen molar-refractivity contribution in [2.24, 2.45) is 0 Å². The van der Waals surface area contributed by atoms with Gasteiger partial charge in [0.25, 0.3) is 0 Å². The molecule has 3 aliphatic heterocycles. The van der Waals surface area contributed by atoms with Crippen LogP contribution in [0.3, 0.4) is 0 Å². The van der Waals surface area contributed by atoms with E-state index in [9.17, 15) is 61.0 Å². The zero-order valence-electron chi connectivity index (χ0n) is 63.4. The van der Waals surface area contributed by atoms with E-state index in [1.807, 2.05) is 6.08 Å². The molecule has 0 aromatic heterocycles. The van der Waals surface area contributed by atoms with Crippen LogP contribution in [0.4, 0.5) is 0 Å². The average Bonchev–Trinajstić information content (AvgIpc) is 0.783. The highest BCUT2D eigenvalue weighted by molar-refractivity contribution is 5.76. The van der Waals surface area contributed by atoms with E-state index in [4.69, 9.17) is 28.4 Å². The SMILES string of the molecule is CC/C=C\C/C=C\C/C=C\C/C=C\C/C=C\C/C=C\C/C=C\C/C=C\C/C=C\CCCCCCCCCC(=O)NC(COC1OC(CO)C(OC2OC(CO)C(OC3OC(CO)C(O)C(O)C3O)C(O)C2O)C(O)C1O)C(O)/C=C/CC/C=C/CC/C=C/CCCCCCCCCCCCCCCC. The van der Waals surface area contributed by atoms with Gasteiger partial charge in [0.1, 0.15) is 73.2 Å². The molecule has 17 unspecified atom stereocenters. The van der Waals surface area contributed by atoms with Gasteiger partial charge in [-0.25, -0.2) is 0 Å². The number of hydrogen-bond donors (Lipinski definition) is 12. The number of carbonyl (C=O) groups excluding carboxylic acids is 1. The van der Waals surface area contributed by atoms with Crippen LogP contribution in [0.15, 0.2) is 146 Å². The Morgan fingerprint density at radius 3 is 1.08 bits per heavy atom. The molecule has 0 aliphatic carbocycles. The Bertz CT molecular complexity index is 2450.